The Labute approximate surface area is 151 Å². The molecule has 0 unspecified atom stereocenters. The molecule has 0 aliphatic rings. The summed E-state index contributed by atoms with van der Waals surface area (Å²) in [4.78, 5) is 33.9. The van der Waals surface area contributed by atoms with Crippen molar-refractivity contribution >= 4 is 23.3 Å². The molecule has 0 aromatic heterocycles. The van der Waals surface area contributed by atoms with Gasteiger partial charge in [-0.2, -0.15) is 8.78 Å². The Balaban J connectivity index is 1.88. The Kier molecular flexibility index (Phi) is 6.36. The summed E-state index contributed by atoms with van der Waals surface area (Å²) in [6, 6.07) is 8.87. The highest BCUT2D eigenvalue weighted by Gasteiger charge is 2.16. The van der Waals surface area contributed by atoms with E-state index in [-0.39, 0.29) is 22.6 Å². The van der Waals surface area contributed by atoms with Crippen molar-refractivity contribution in [2.45, 2.75) is 13.5 Å². The second-order valence-corrected chi connectivity index (χ2v) is 5.29. The molecule has 142 valence electrons. The number of halogens is 2. The second-order valence-electron chi connectivity index (χ2n) is 5.29. The van der Waals surface area contributed by atoms with Gasteiger partial charge in [-0.05, 0) is 43.3 Å². The molecule has 0 spiro atoms. The number of nitro benzene ring substituents is 1. The van der Waals surface area contributed by atoms with Crippen molar-refractivity contribution < 1.29 is 32.8 Å². The molecular weight excluding hydrogens is 366 g/mol. The van der Waals surface area contributed by atoms with E-state index in [1.165, 1.54) is 49.4 Å². The van der Waals surface area contributed by atoms with E-state index in [1.54, 1.807) is 0 Å². The molecule has 0 saturated carbocycles. The van der Waals surface area contributed by atoms with Crippen LogP contribution in [0.5, 0.6) is 5.75 Å². The minimum absolute atomic E-state index is 0.0667. The summed E-state index contributed by atoms with van der Waals surface area (Å²) in [5.74, 6) is -1.53. The van der Waals surface area contributed by atoms with Crippen LogP contribution in [-0.2, 0) is 9.53 Å². The Morgan fingerprint density at radius 2 is 1.85 bits per heavy atom. The number of amides is 1. The zero-order valence-corrected chi connectivity index (χ0v) is 14.0. The van der Waals surface area contributed by atoms with Crippen molar-refractivity contribution in [3.63, 3.8) is 0 Å². The lowest BCUT2D eigenvalue weighted by molar-refractivity contribution is -0.385. The van der Waals surface area contributed by atoms with Crippen LogP contribution >= 0.6 is 0 Å². The number of alkyl halides is 2. The average Bonchev–Trinajstić information content (AvgIpc) is 2.60. The molecule has 1 N–H and O–H groups in total. The summed E-state index contributed by atoms with van der Waals surface area (Å²) < 4.78 is 33.1. The van der Waals surface area contributed by atoms with Gasteiger partial charge in [-0.1, -0.05) is 0 Å². The minimum atomic E-state index is -2.95. The first-order chi connectivity index (χ1) is 12.8. The lowest BCUT2D eigenvalue weighted by Crippen LogP contribution is -2.21. The highest BCUT2D eigenvalue weighted by atomic mass is 19.3. The number of rotatable bonds is 7. The lowest BCUT2D eigenvalue weighted by Gasteiger charge is -2.08. The highest BCUT2D eigenvalue weighted by molar-refractivity contribution is 5.95. The second kappa shape index (κ2) is 8.70. The monoisotopic (exact) mass is 380 g/mol. The number of benzene rings is 2. The number of carbonyl (C=O) groups excluding carboxylic acids is 2. The van der Waals surface area contributed by atoms with Crippen LogP contribution in [-0.4, -0.2) is 30.0 Å². The zero-order valence-electron chi connectivity index (χ0n) is 14.0. The van der Waals surface area contributed by atoms with Gasteiger partial charge in [0.15, 0.2) is 6.61 Å². The molecular formula is C17H14F2N2O6. The molecule has 0 bridgehead atoms. The van der Waals surface area contributed by atoms with Gasteiger partial charge in [0.25, 0.3) is 11.6 Å². The van der Waals surface area contributed by atoms with Gasteiger partial charge in [0, 0.05) is 17.3 Å². The maximum absolute atomic E-state index is 12.1. The first-order valence-corrected chi connectivity index (χ1v) is 7.53. The van der Waals surface area contributed by atoms with Crippen molar-refractivity contribution in [2.24, 2.45) is 0 Å². The van der Waals surface area contributed by atoms with E-state index in [2.05, 4.69) is 10.1 Å². The van der Waals surface area contributed by atoms with Crippen LogP contribution in [0.15, 0.2) is 42.5 Å². The highest BCUT2D eigenvalue weighted by Crippen LogP contribution is 2.20. The molecule has 1 amide bonds. The number of ether oxygens (including phenoxy) is 2. The van der Waals surface area contributed by atoms with Crippen molar-refractivity contribution in [2.75, 3.05) is 11.9 Å². The van der Waals surface area contributed by atoms with E-state index < -0.39 is 30.0 Å². The van der Waals surface area contributed by atoms with E-state index in [9.17, 15) is 28.5 Å². The van der Waals surface area contributed by atoms with Gasteiger partial charge >= 0.3 is 12.6 Å². The number of hydrogen-bond donors (Lipinski definition) is 1. The number of nitro groups is 1. The molecule has 10 heteroatoms. The van der Waals surface area contributed by atoms with Crippen LogP contribution in [0.2, 0.25) is 0 Å². The van der Waals surface area contributed by atoms with E-state index >= 15 is 0 Å². The summed E-state index contributed by atoms with van der Waals surface area (Å²) in [5.41, 5.74) is 0.511. The molecule has 2 aromatic rings. The fourth-order valence-electron chi connectivity index (χ4n) is 2.12. The first kappa shape index (κ1) is 19.8. The molecule has 0 radical (unpaired) electrons. The van der Waals surface area contributed by atoms with Crippen LogP contribution in [0.25, 0.3) is 0 Å². The third-order valence-electron chi connectivity index (χ3n) is 3.33. The molecule has 0 atom stereocenters. The number of esters is 1. The summed E-state index contributed by atoms with van der Waals surface area (Å²) in [6.45, 7) is -2.07. The molecule has 2 aromatic carbocycles. The molecule has 27 heavy (non-hydrogen) atoms. The molecule has 0 aliphatic heterocycles. The fraction of sp³-hybridized carbons (Fsp3) is 0.176. The van der Waals surface area contributed by atoms with Crippen molar-refractivity contribution in [3.8, 4) is 5.75 Å². The number of nitrogens with zero attached hydrogens (tertiary/aromatic N) is 1. The van der Waals surface area contributed by atoms with Gasteiger partial charge in [0.2, 0.25) is 0 Å². The Bertz CT molecular complexity index is 855. The quantitative estimate of drug-likeness (QED) is 0.449. The van der Waals surface area contributed by atoms with E-state index in [1.807, 2.05) is 0 Å². The van der Waals surface area contributed by atoms with Gasteiger partial charge in [-0.25, -0.2) is 4.79 Å². The van der Waals surface area contributed by atoms with Crippen LogP contribution < -0.4 is 10.1 Å². The van der Waals surface area contributed by atoms with Crippen LogP contribution in [0, 0.1) is 17.0 Å². The number of carbonyl (C=O) groups is 2. The predicted molar refractivity (Wildman–Crippen MR) is 89.8 cm³/mol. The smallest absolute Gasteiger partial charge is 0.387 e. The maximum Gasteiger partial charge on any atom is 0.387 e. The number of hydrogen-bond acceptors (Lipinski definition) is 6. The SMILES string of the molecule is Cc1cc(C(=O)OCC(=O)Nc2ccc(OC(F)F)cc2)ccc1[N+](=O)[O-]. The van der Waals surface area contributed by atoms with Crippen molar-refractivity contribution in [3.05, 3.63) is 63.7 Å². The number of anilines is 1. The third kappa shape index (κ3) is 5.73. The van der Waals surface area contributed by atoms with Gasteiger partial charge < -0.3 is 14.8 Å². The Morgan fingerprint density at radius 1 is 1.19 bits per heavy atom. The van der Waals surface area contributed by atoms with Gasteiger partial charge in [-0.3, -0.25) is 14.9 Å². The Morgan fingerprint density at radius 3 is 2.41 bits per heavy atom. The largest absolute Gasteiger partial charge is 0.452 e. The fourth-order valence-corrected chi connectivity index (χ4v) is 2.12. The topological polar surface area (TPSA) is 108 Å². The van der Waals surface area contributed by atoms with Gasteiger partial charge in [0.1, 0.15) is 5.75 Å². The van der Waals surface area contributed by atoms with E-state index in [4.69, 9.17) is 4.74 Å². The first-order valence-electron chi connectivity index (χ1n) is 7.53. The molecule has 8 nitrogen and oxygen atoms in total. The van der Waals surface area contributed by atoms with Crippen LogP contribution in [0.3, 0.4) is 0 Å². The Hall–Kier alpha value is -3.56. The standard InChI is InChI=1S/C17H14F2N2O6/c1-10-8-11(2-7-14(10)21(24)25)16(23)26-9-15(22)20-12-3-5-13(6-4-12)27-17(18)19/h2-8,17H,9H2,1H3,(H,20,22). The lowest BCUT2D eigenvalue weighted by atomic mass is 10.1. The van der Waals surface area contributed by atoms with E-state index in [0.29, 0.717) is 5.69 Å². The summed E-state index contributed by atoms with van der Waals surface area (Å²) in [7, 11) is 0. The number of nitrogens with one attached hydrogen (secondary N) is 1. The third-order valence-corrected chi connectivity index (χ3v) is 3.33. The molecule has 0 aliphatic carbocycles. The molecule has 0 saturated heterocycles. The van der Waals surface area contributed by atoms with Gasteiger partial charge in [0.05, 0.1) is 10.5 Å². The normalized spacial score (nSPS) is 10.4. The molecule has 0 fully saturated rings. The zero-order chi connectivity index (χ0) is 20.0. The number of aryl methyl sites for hydroxylation is 1. The average molecular weight is 380 g/mol. The van der Waals surface area contributed by atoms with Crippen molar-refractivity contribution in [1.29, 1.82) is 0 Å². The molecule has 0 heterocycles. The summed E-state index contributed by atoms with van der Waals surface area (Å²) in [5, 5.41) is 13.2. The van der Waals surface area contributed by atoms with Crippen LogP contribution in [0.4, 0.5) is 20.2 Å². The van der Waals surface area contributed by atoms with E-state index in [0.717, 1.165) is 0 Å². The summed E-state index contributed by atoms with van der Waals surface area (Å²) in [6.07, 6.45) is 0. The van der Waals surface area contributed by atoms with Gasteiger partial charge in [-0.15, -0.1) is 0 Å². The van der Waals surface area contributed by atoms with Crippen molar-refractivity contribution in [1.82, 2.24) is 0 Å². The minimum Gasteiger partial charge on any atom is -0.452 e. The summed E-state index contributed by atoms with van der Waals surface area (Å²) >= 11 is 0. The maximum atomic E-state index is 12.1. The molecule has 2 rings (SSSR count). The van der Waals surface area contributed by atoms with Crippen LogP contribution in [0.1, 0.15) is 15.9 Å². The predicted octanol–water partition coefficient (Wildman–Crippen LogP) is 3.30.